The molecule has 0 saturated heterocycles. The van der Waals surface area contributed by atoms with Crippen molar-refractivity contribution in [3.05, 3.63) is 30.3 Å². The third-order valence-corrected chi connectivity index (χ3v) is 6.36. The Balaban J connectivity index is 2.13. The summed E-state index contributed by atoms with van der Waals surface area (Å²) >= 11 is 6.08. The predicted molar refractivity (Wildman–Crippen MR) is 75.9 cm³/mol. The van der Waals surface area contributed by atoms with E-state index >= 15 is 0 Å². The summed E-state index contributed by atoms with van der Waals surface area (Å²) in [6.45, 7) is 0. The van der Waals surface area contributed by atoms with Crippen molar-refractivity contribution in [3.63, 3.8) is 0 Å². The first-order valence-electron chi connectivity index (χ1n) is 6.59. The highest BCUT2D eigenvalue weighted by molar-refractivity contribution is 7.93. The lowest BCUT2D eigenvalue weighted by atomic mass is 9.83. The summed E-state index contributed by atoms with van der Waals surface area (Å²) in [5.74, 6) is 0. The quantitative estimate of drug-likeness (QED) is 0.870. The summed E-state index contributed by atoms with van der Waals surface area (Å²) in [7, 11) is -3.57. The van der Waals surface area contributed by atoms with E-state index in [1.807, 2.05) is 0 Å². The van der Waals surface area contributed by atoms with Gasteiger partial charge in [-0.15, -0.1) is 11.6 Å². The van der Waals surface area contributed by atoms with Crippen molar-refractivity contribution in [3.8, 4) is 0 Å². The molecule has 3 nitrogen and oxygen atoms in total. The Bertz CT molecular complexity index is 507. The van der Waals surface area contributed by atoms with Crippen LogP contribution in [0, 0.1) is 0 Å². The van der Waals surface area contributed by atoms with E-state index in [-0.39, 0.29) is 11.3 Å². The fourth-order valence-corrected chi connectivity index (χ4v) is 4.54. The largest absolute Gasteiger partial charge is 0.390 e. The molecule has 0 spiro atoms. The Morgan fingerprint density at radius 1 is 1.16 bits per heavy atom. The normalized spacial score (nSPS) is 20.9. The van der Waals surface area contributed by atoms with Crippen molar-refractivity contribution in [2.75, 3.05) is 0 Å². The Morgan fingerprint density at radius 2 is 1.74 bits per heavy atom. The van der Waals surface area contributed by atoms with Gasteiger partial charge in [0.15, 0.2) is 9.84 Å². The Labute approximate surface area is 119 Å². The van der Waals surface area contributed by atoms with Gasteiger partial charge in [0, 0.05) is 6.42 Å². The number of aliphatic hydroxyl groups is 1. The average Bonchev–Trinajstić information content (AvgIpc) is 2.40. The van der Waals surface area contributed by atoms with Gasteiger partial charge in [0.2, 0.25) is 0 Å². The number of hydrogen-bond acceptors (Lipinski definition) is 3. The molecule has 1 saturated carbocycles. The average molecular weight is 303 g/mol. The predicted octanol–water partition coefficient (Wildman–Crippen LogP) is 3.11. The highest BCUT2D eigenvalue weighted by Gasteiger charge is 2.36. The van der Waals surface area contributed by atoms with Gasteiger partial charge < -0.3 is 5.11 Å². The summed E-state index contributed by atoms with van der Waals surface area (Å²) in [6, 6.07) is 8.18. The third-order valence-electron chi connectivity index (χ3n) is 3.73. The molecule has 0 aromatic heterocycles. The van der Waals surface area contributed by atoms with Gasteiger partial charge in [-0.25, -0.2) is 8.42 Å². The number of hydrogen-bond donors (Lipinski definition) is 1. The van der Waals surface area contributed by atoms with E-state index in [2.05, 4.69) is 0 Å². The van der Waals surface area contributed by atoms with Crippen molar-refractivity contribution in [1.82, 2.24) is 0 Å². The molecule has 0 amide bonds. The van der Waals surface area contributed by atoms with Gasteiger partial charge in [-0.2, -0.15) is 0 Å². The summed E-state index contributed by atoms with van der Waals surface area (Å²) in [5.41, 5.74) is -0.924. The summed E-state index contributed by atoms with van der Waals surface area (Å²) in [5, 5.41) is 10.4. The first-order chi connectivity index (χ1) is 8.94. The van der Waals surface area contributed by atoms with Gasteiger partial charge in [0.05, 0.1) is 10.5 Å². The van der Waals surface area contributed by atoms with Crippen LogP contribution in [0.4, 0.5) is 0 Å². The van der Waals surface area contributed by atoms with Gasteiger partial charge in [0.1, 0.15) is 4.71 Å². The van der Waals surface area contributed by atoms with Crippen LogP contribution in [-0.2, 0) is 9.84 Å². The van der Waals surface area contributed by atoms with Crippen LogP contribution in [0.1, 0.15) is 38.5 Å². The topological polar surface area (TPSA) is 54.4 Å². The fourth-order valence-electron chi connectivity index (χ4n) is 2.58. The highest BCUT2D eigenvalue weighted by Crippen LogP contribution is 2.35. The molecule has 0 radical (unpaired) electrons. The first kappa shape index (κ1) is 14.8. The number of benzene rings is 1. The Morgan fingerprint density at radius 3 is 2.32 bits per heavy atom. The smallest absolute Gasteiger partial charge is 0.195 e. The third kappa shape index (κ3) is 3.50. The molecule has 1 atom stereocenters. The van der Waals surface area contributed by atoms with Crippen LogP contribution in [0.25, 0.3) is 0 Å². The van der Waals surface area contributed by atoms with Crippen LogP contribution in [-0.4, -0.2) is 23.8 Å². The SMILES string of the molecule is O=S(=O)(c1ccccc1)C(Cl)CC1(O)CCCCC1. The number of halogens is 1. The molecule has 1 aromatic carbocycles. The van der Waals surface area contributed by atoms with E-state index in [0.717, 1.165) is 19.3 Å². The molecule has 1 fully saturated rings. The van der Waals surface area contributed by atoms with Gasteiger partial charge in [-0.3, -0.25) is 0 Å². The summed E-state index contributed by atoms with van der Waals surface area (Å²) in [4.78, 5) is 0.217. The minimum atomic E-state index is -3.57. The molecule has 1 aliphatic rings. The van der Waals surface area contributed by atoms with E-state index in [1.54, 1.807) is 18.2 Å². The number of rotatable bonds is 4. The molecular formula is C14H19ClO3S. The summed E-state index contributed by atoms with van der Waals surface area (Å²) < 4.78 is 23.5. The molecule has 1 aromatic rings. The minimum absolute atomic E-state index is 0.103. The Hall–Kier alpha value is -0.580. The van der Waals surface area contributed by atoms with Crippen molar-refractivity contribution >= 4 is 21.4 Å². The highest BCUT2D eigenvalue weighted by atomic mass is 35.5. The molecule has 106 valence electrons. The molecule has 1 aliphatic carbocycles. The zero-order valence-corrected chi connectivity index (χ0v) is 12.3. The standard InChI is InChI=1S/C14H19ClO3S/c15-13(11-14(16)9-5-2-6-10-14)19(17,18)12-7-3-1-4-8-12/h1,3-4,7-8,13,16H,2,5-6,9-11H2. The van der Waals surface area contributed by atoms with Gasteiger partial charge in [-0.1, -0.05) is 37.5 Å². The van der Waals surface area contributed by atoms with Crippen molar-refractivity contribution in [2.45, 2.75) is 53.7 Å². The molecule has 2 rings (SSSR count). The first-order valence-corrected chi connectivity index (χ1v) is 8.58. The zero-order valence-electron chi connectivity index (χ0n) is 10.8. The fraction of sp³-hybridized carbons (Fsp3) is 0.571. The van der Waals surface area contributed by atoms with Crippen LogP contribution in [0.5, 0.6) is 0 Å². The molecule has 19 heavy (non-hydrogen) atoms. The van der Waals surface area contributed by atoms with Crippen LogP contribution in [0.2, 0.25) is 0 Å². The maximum Gasteiger partial charge on any atom is 0.195 e. The molecule has 0 bridgehead atoms. The molecule has 1 unspecified atom stereocenters. The van der Waals surface area contributed by atoms with Gasteiger partial charge >= 0.3 is 0 Å². The van der Waals surface area contributed by atoms with E-state index in [0.29, 0.717) is 12.8 Å². The molecular weight excluding hydrogens is 284 g/mol. The van der Waals surface area contributed by atoms with E-state index in [9.17, 15) is 13.5 Å². The molecule has 5 heteroatoms. The Kier molecular flexibility index (Phi) is 4.54. The maximum absolute atomic E-state index is 12.3. The monoisotopic (exact) mass is 302 g/mol. The maximum atomic E-state index is 12.3. The lowest BCUT2D eigenvalue weighted by molar-refractivity contribution is -0.000629. The summed E-state index contributed by atoms with van der Waals surface area (Å²) in [6.07, 6.45) is 4.35. The van der Waals surface area contributed by atoms with Crippen molar-refractivity contribution in [1.29, 1.82) is 0 Å². The van der Waals surface area contributed by atoms with Crippen LogP contribution >= 0.6 is 11.6 Å². The molecule has 0 aliphatic heterocycles. The number of alkyl halides is 1. The molecule has 0 heterocycles. The number of sulfone groups is 1. The zero-order chi connectivity index (χ0) is 13.9. The van der Waals surface area contributed by atoms with E-state index in [4.69, 9.17) is 11.6 Å². The van der Waals surface area contributed by atoms with E-state index < -0.39 is 20.1 Å². The molecule has 1 N–H and O–H groups in total. The second kappa shape index (κ2) is 5.81. The minimum Gasteiger partial charge on any atom is -0.390 e. The van der Waals surface area contributed by atoms with Crippen LogP contribution < -0.4 is 0 Å². The lowest BCUT2D eigenvalue weighted by Gasteiger charge is -2.33. The van der Waals surface area contributed by atoms with Gasteiger partial charge in [-0.05, 0) is 25.0 Å². The van der Waals surface area contributed by atoms with Gasteiger partial charge in [0.25, 0.3) is 0 Å². The van der Waals surface area contributed by atoms with Crippen molar-refractivity contribution < 1.29 is 13.5 Å². The van der Waals surface area contributed by atoms with Crippen LogP contribution in [0.15, 0.2) is 35.2 Å². The van der Waals surface area contributed by atoms with E-state index in [1.165, 1.54) is 12.1 Å². The lowest BCUT2D eigenvalue weighted by Crippen LogP contribution is -2.36. The second-order valence-electron chi connectivity index (χ2n) is 5.26. The second-order valence-corrected chi connectivity index (χ2v) is 8.17. The van der Waals surface area contributed by atoms with Crippen molar-refractivity contribution in [2.24, 2.45) is 0 Å². The van der Waals surface area contributed by atoms with Crippen LogP contribution in [0.3, 0.4) is 0 Å².